The summed E-state index contributed by atoms with van der Waals surface area (Å²) in [6, 6.07) is 17.2. The van der Waals surface area contributed by atoms with Crippen molar-refractivity contribution in [3.8, 4) is 22.6 Å². The molecule has 5 rings (SSSR count). The highest BCUT2D eigenvalue weighted by Crippen LogP contribution is 2.30. The van der Waals surface area contributed by atoms with Crippen LogP contribution >= 0.6 is 0 Å². The molecule has 0 aliphatic carbocycles. The minimum absolute atomic E-state index is 0.0860. The van der Waals surface area contributed by atoms with Crippen molar-refractivity contribution in [2.24, 2.45) is 0 Å². The van der Waals surface area contributed by atoms with E-state index in [9.17, 15) is 4.79 Å². The molecule has 0 radical (unpaired) electrons. The van der Waals surface area contributed by atoms with Crippen LogP contribution in [0.25, 0.3) is 33.5 Å². The molecule has 5 aromatic rings. The fraction of sp³-hybridized carbons (Fsp3) is 0.0455. The van der Waals surface area contributed by atoms with E-state index in [2.05, 4.69) is 35.7 Å². The standard InChI is InChI=1S/C22H17N7O/c30-20(10-14-2-1-9-23-12-14)26-17-6-3-15(4-7-17)21-18-11-16(22-24-13-25-29-22)5-8-19(18)27-28-21/h1-9,11-13H,10H2,(H,26,30)(H,27,28)(H,24,25,29). The summed E-state index contributed by atoms with van der Waals surface area (Å²) in [4.78, 5) is 20.5. The van der Waals surface area contributed by atoms with Crippen molar-refractivity contribution in [1.82, 2.24) is 30.4 Å². The molecule has 146 valence electrons. The average Bonchev–Trinajstić information content (AvgIpc) is 3.45. The Balaban J connectivity index is 1.37. The Morgan fingerprint density at radius 1 is 1.00 bits per heavy atom. The van der Waals surface area contributed by atoms with Crippen LogP contribution < -0.4 is 5.32 Å². The Morgan fingerprint density at radius 3 is 2.63 bits per heavy atom. The Hall–Kier alpha value is -4.33. The summed E-state index contributed by atoms with van der Waals surface area (Å²) >= 11 is 0. The lowest BCUT2D eigenvalue weighted by atomic mass is 10.0. The van der Waals surface area contributed by atoms with Gasteiger partial charge in [-0.2, -0.15) is 10.2 Å². The Bertz CT molecular complexity index is 1290. The van der Waals surface area contributed by atoms with Crippen molar-refractivity contribution in [2.75, 3.05) is 5.32 Å². The van der Waals surface area contributed by atoms with Gasteiger partial charge in [-0.25, -0.2) is 4.98 Å². The molecule has 30 heavy (non-hydrogen) atoms. The second-order valence-corrected chi connectivity index (χ2v) is 6.82. The monoisotopic (exact) mass is 395 g/mol. The van der Waals surface area contributed by atoms with Crippen LogP contribution in [0, 0.1) is 0 Å². The van der Waals surface area contributed by atoms with E-state index in [1.807, 2.05) is 54.6 Å². The smallest absolute Gasteiger partial charge is 0.228 e. The van der Waals surface area contributed by atoms with Crippen LogP contribution in [-0.4, -0.2) is 36.3 Å². The van der Waals surface area contributed by atoms with Gasteiger partial charge in [-0.15, -0.1) is 0 Å². The van der Waals surface area contributed by atoms with Gasteiger partial charge in [-0.05, 0) is 42.0 Å². The van der Waals surface area contributed by atoms with E-state index in [0.717, 1.165) is 39.0 Å². The number of H-pyrrole nitrogens is 2. The molecule has 3 N–H and O–H groups in total. The van der Waals surface area contributed by atoms with Crippen molar-refractivity contribution in [1.29, 1.82) is 0 Å². The molecule has 0 spiro atoms. The molecule has 8 nitrogen and oxygen atoms in total. The zero-order valence-electron chi connectivity index (χ0n) is 15.8. The lowest BCUT2D eigenvalue weighted by Crippen LogP contribution is -2.14. The number of fused-ring (bicyclic) bond motifs is 1. The molecular formula is C22H17N7O. The number of hydrogen-bond acceptors (Lipinski definition) is 5. The number of aromatic nitrogens is 6. The van der Waals surface area contributed by atoms with Gasteiger partial charge in [0.05, 0.1) is 17.6 Å². The number of rotatable bonds is 5. The number of benzene rings is 2. The number of carbonyl (C=O) groups is 1. The van der Waals surface area contributed by atoms with Gasteiger partial charge in [0.1, 0.15) is 6.33 Å². The second kappa shape index (κ2) is 7.59. The molecule has 0 aliphatic rings. The Morgan fingerprint density at radius 2 is 1.87 bits per heavy atom. The van der Waals surface area contributed by atoms with E-state index < -0.39 is 0 Å². The van der Waals surface area contributed by atoms with E-state index in [0.29, 0.717) is 5.82 Å². The van der Waals surface area contributed by atoms with Crippen molar-refractivity contribution >= 4 is 22.5 Å². The Kier molecular flexibility index (Phi) is 4.49. The first-order chi connectivity index (χ1) is 14.8. The van der Waals surface area contributed by atoms with Crippen LogP contribution in [-0.2, 0) is 11.2 Å². The van der Waals surface area contributed by atoms with Crippen LogP contribution in [0.15, 0.2) is 73.3 Å². The van der Waals surface area contributed by atoms with Gasteiger partial charge >= 0.3 is 0 Å². The van der Waals surface area contributed by atoms with Crippen LogP contribution in [0.5, 0.6) is 0 Å². The predicted octanol–water partition coefficient (Wildman–Crippen LogP) is 3.59. The molecule has 0 saturated carbocycles. The van der Waals surface area contributed by atoms with Gasteiger partial charge < -0.3 is 5.32 Å². The van der Waals surface area contributed by atoms with E-state index in [1.54, 1.807) is 18.7 Å². The lowest BCUT2D eigenvalue weighted by molar-refractivity contribution is -0.115. The molecule has 1 amide bonds. The van der Waals surface area contributed by atoms with E-state index in [4.69, 9.17) is 0 Å². The summed E-state index contributed by atoms with van der Waals surface area (Å²) in [5, 5.41) is 18.3. The maximum Gasteiger partial charge on any atom is 0.228 e. The molecule has 8 heteroatoms. The Labute approximate surface area is 171 Å². The highest BCUT2D eigenvalue weighted by molar-refractivity contribution is 5.96. The number of nitrogens with one attached hydrogen (secondary N) is 3. The van der Waals surface area contributed by atoms with E-state index in [-0.39, 0.29) is 12.3 Å². The van der Waals surface area contributed by atoms with Crippen molar-refractivity contribution in [3.63, 3.8) is 0 Å². The first kappa shape index (κ1) is 17.7. The number of pyridine rings is 1. The fourth-order valence-electron chi connectivity index (χ4n) is 3.33. The summed E-state index contributed by atoms with van der Waals surface area (Å²) in [6.07, 6.45) is 5.21. The molecule has 2 aromatic carbocycles. The van der Waals surface area contributed by atoms with Crippen LogP contribution in [0.4, 0.5) is 5.69 Å². The minimum Gasteiger partial charge on any atom is -0.326 e. The predicted molar refractivity (Wildman–Crippen MR) is 113 cm³/mol. The third-order valence-corrected chi connectivity index (χ3v) is 4.77. The normalized spacial score (nSPS) is 10.9. The highest BCUT2D eigenvalue weighted by atomic mass is 16.1. The molecule has 3 heterocycles. The summed E-state index contributed by atoms with van der Waals surface area (Å²) in [7, 11) is 0. The van der Waals surface area contributed by atoms with Crippen LogP contribution in [0.1, 0.15) is 5.56 Å². The summed E-state index contributed by atoms with van der Waals surface area (Å²) < 4.78 is 0. The maximum absolute atomic E-state index is 12.2. The third-order valence-electron chi connectivity index (χ3n) is 4.77. The van der Waals surface area contributed by atoms with Crippen molar-refractivity contribution < 1.29 is 4.79 Å². The number of nitrogens with zero attached hydrogens (tertiary/aromatic N) is 4. The molecule has 0 unspecified atom stereocenters. The minimum atomic E-state index is -0.0860. The molecule has 3 aromatic heterocycles. The zero-order valence-corrected chi connectivity index (χ0v) is 15.8. The quantitative estimate of drug-likeness (QED) is 0.421. The van der Waals surface area contributed by atoms with Crippen molar-refractivity contribution in [2.45, 2.75) is 6.42 Å². The van der Waals surface area contributed by atoms with Gasteiger partial charge in [-0.1, -0.05) is 18.2 Å². The summed E-state index contributed by atoms with van der Waals surface area (Å²) in [5.74, 6) is 0.549. The first-order valence-electron chi connectivity index (χ1n) is 9.40. The first-order valence-corrected chi connectivity index (χ1v) is 9.40. The second-order valence-electron chi connectivity index (χ2n) is 6.82. The third kappa shape index (κ3) is 3.53. The van der Waals surface area contributed by atoms with Crippen LogP contribution in [0.3, 0.4) is 0 Å². The van der Waals surface area contributed by atoms with Gasteiger partial charge in [0.2, 0.25) is 5.91 Å². The maximum atomic E-state index is 12.2. The van der Waals surface area contributed by atoms with Gasteiger partial charge in [0.25, 0.3) is 0 Å². The van der Waals surface area contributed by atoms with Crippen molar-refractivity contribution in [3.05, 3.63) is 78.9 Å². The van der Waals surface area contributed by atoms with Gasteiger partial charge in [0.15, 0.2) is 5.82 Å². The molecule has 0 aliphatic heterocycles. The largest absolute Gasteiger partial charge is 0.326 e. The van der Waals surface area contributed by atoms with E-state index >= 15 is 0 Å². The number of hydrogen-bond donors (Lipinski definition) is 3. The molecule has 0 fully saturated rings. The van der Waals surface area contributed by atoms with E-state index in [1.165, 1.54) is 0 Å². The molecular weight excluding hydrogens is 378 g/mol. The molecule has 0 saturated heterocycles. The van der Waals surface area contributed by atoms with Gasteiger partial charge in [-0.3, -0.25) is 20.0 Å². The fourth-order valence-corrected chi connectivity index (χ4v) is 3.33. The molecule has 0 bridgehead atoms. The van der Waals surface area contributed by atoms with Gasteiger partial charge in [0, 0.05) is 34.6 Å². The number of aromatic amines is 2. The number of anilines is 1. The average molecular weight is 395 g/mol. The summed E-state index contributed by atoms with van der Waals surface area (Å²) in [6.45, 7) is 0. The zero-order chi connectivity index (χ0) is 20.3. The molecule has 0 atom stereocenters. The topological polar surface area (TPSA) is 112 Å². The number of amides is 1. The number of carbonyl (C=O) groups excluding carboxylic acids is 1. The lowest BCUT2D eigenvalue weighted by Gasteiger charge is -2.06. The van der Waals surface area contributed by atoms with Crippen LogP contribution in [0.2, 0.25) is 0 Å². The summed E-state index contributed by atoms with van der Waals surface area (Å²) in [5.41, 5.74) is 5.21. The highest BCUT2D eigenvalue weighted by Gasteiger charge is 2.11. The SMILES string of the molecule is O=C(Cc1cccnc1)Nc1ccc(-c2n[nH]c3ccc(-c4nc[nH]n4)cc23)cc1.